The Hall–Kier alpha value is -3.10. The molecule has 2 rings (SSSR count). The topological polar surface area (TPSA) is 111 Å². The zero-order valence-corrected chi connectivity index (χ0v) is 13.6. The fraction of sp³-hybridized carbons (Fsp3) is 0.333. The van der Waals surface area contributed by atoms with E-state index in [0.29, 0.717) is 28.5 Å². The zero-order chi connectivity index (χ0) is 17.5. The Morgan fingerprint density at radius 3 is 2.50 bits per heavy atom. The highest BCUT2D eigenvalue weighted by atomic mass is 16.5. The van der Waals surface area contributed by atoms with E-state index in [1.54, 1.807) is 12.1 Å². The highest BCUT2D eigenvalue weighted by Crippen LogP contribution is 2.33. The molecule has 0 bridgehead atoms. The molecule has 2 N–H and O–H groups in total. The van der Waals surface area contributed by atoms with Crippen LogP contribution >= 0.6 is 0 Å². The Morgan fingerprint density at radius 1 is 1.25 bits per heavy atom. The SMILES string of the molecule is COc1cc(OC)c(OC)cc1C=NNC(=O)CC1=NNC(=O)C1. The van der Waals surface area contributed by atoms with Crippen molar-refractivity contribution in [3.63, 3.8) is 0 Å². The van der Waals surface area contributed by atoms with Gasteiger partial charge in [-0.15, -0.1) is 0 Å². The Kier molecular flexibility index (Phi) is 5.72. The average Bonchev–Trinajstić information content (AvgIpc) is 2.98. The number of carbonyl (C=O) groups excluding carboxylic acids is 2. The summed E-state index contributed by atoms with van der Waals surface area (Å²) >= 11 is 0. The van der Waals surface area contributed by atoms with Crippen molar-refractivity contribution in [2.75, 3.05) is 21.3 Å². The monoisotopic (exact) mass is 334 g/mol. The predicted molar refractivity (Wildman–Crippen MR) is 86.6 cm³/mol. The highest BCUT2D eigenvalue weighted by Gasteiger charge is 2.17. The van der Waals surface area contributed by atoms with Crippen LogP contribution in [0.2, 0.25) is 0 Å². The van der Waals surface area contributed by atoms with Gasteiger partial charge in [-0.1, -0.05) is 0 Å². The number of ether oxygens (including phenoxy) is 3. The Labute approximate surface area is 138 Å². The van der Waals surface area contributed by atoms with E-state index in [-0.39, 0.29) is 24.7 Å². The Bertz CT molecular complexity index is 699. The zero-order valence-electron chi connectivity index (χ0n) is 13.6. The summed E-state index contributed by atoms with van der Waals surface area (Å²) in [5, 5.41) is 7.63. The van der Waals surface area contributed by atoms with Crippen LogP contribution in [0.3, 0.4) is 0 Å². The van der Waals surface area contributed by atoms with E-state index in [9.17, 15) is 9.59 Å². The van der Waals surface area contributed by atoms with Crippen molar-refractivity contribution >= 4 is 23.7 Å². The lowest BCUT2D eigenvalue weighted by atomic mass is 10.2. The normalized spacial score (nSPS) is 13.5. The molecule has 128 valence electrons. The van der Waals surface area contributed by atoms with Crippen LogP contribution in [0.5, 0.6) is 17.2 Å². The maximum Gasteiger partial charge on any atom is 0.245 e. The molecular weight excluding hydrogens is 316 g/mol. The van der Waals surface area contributed by atoms with Crippen LogP contribution < -0.4 is 25.1 Å². The number of carbonyl (C=O) groups is 2. The molecule has 9 heteroatoms. The van der Waals surface area contributed by atoms with Gasteiger partial charge >= 0.3 is 0 Å². The van der Waals surface area contributed by atoms with Crippen LogP contribution in [-0.2, 0) is 9.59 Å². The highest BCUT2D eigenvalue weighted by molar-refractivity contribution is 6.11. The molecule has 1 aromatic rings. The smallest absolute Gasteiger partial charge is 0.245 e. The van der Waals surface area contributed by atoms with Gasteiger partial charge < -0.3 is 14.2 Å². The third-order valence-corrected chi connectivity index (χ3v) is 3.20. The number of hydrogen-bond acceptors (Lipinski definition) is 7. The van der Waals surface area contributed by atoms with Crippen molar-refractivity contribution in [1.82, 2.24) is 10.9 Å². The lowest BCUT2D eigenvalue weighted by molar-refractivity contribution is -0.119. The second-order valence-corrected chi connectivity index (χ2v) is 4.81. The van der Waals surface area contributed by atoms with Gasteiger partial charge in [0.1, 0.15) is 5.75 Å². The minimum atomic E-state index is -0.374. The lowest BCUT2D eigenvalue weighted by Gasteiger charge is -2.11. The predicted octanol–water partition coefficient (Wildman–Crippen LogP) is 0.428. The molecule has 0 fully saturated rings. The fourth-order valence-electron chi connectivity index (χ4n) is 2.06. The van der Waals surface area contributed by atoms with E-state index in [1.165, 1.54) is 27.5 Å². The average molecular weight is 334 g/mol. The maximum absolute atomic E-state index is 11.8. The molecule has 1 aromatic carbocycles. The standard InChI is InChI=1S/C15H18N4O5/c1-22-11-7-13(24-3)12(23-2)4-9(11)8-16-18-14(20)5-10-6-15(21)19-17-10/h4,7-8H,5-6H2,1-3H3,(H,18,20)(H,19,21). The maximum atomic E-state index is 11.8. The van der Waals surface area contributed by atoms with Crippen molar-refractivity contribution < 1.29 is 23.8 Å². The number of nitrogens with one attached hydrogen (secondary N) is 2. The molecule has 24 heavy (non-hydrogen) atoms. The second kappa shape index (κ2) is 7.95. The van der Waals surface area contributed by atoms with E-state index in [2.05, 4.69) is 21.1 Å². The minimum absolute atomic E-state index is 0.000845. The van der Waals surface area contributed by atoms with Crippen LogP contribution in [0.4, 0.5) is 0 Å². The first kappa shape index (κ1) is 17.3. The molecule has 2 amide bonds. The Morgan fingerprint density at radius 2 is 1.92 bits per heavy atom. The van der Waals surface area contributed by atoms with Crippen LogP contribution in [-0.4, -0.2) is 45.1 Å². The summed E-state index contributed by atoms with van der Waals surface area (Å²) in [5.41, 5.74) is 5.73. The van der Waals surface area contributed by atoms with Gasteiger partial charge in [-0.25, -0.2) is 10.9 Å². The van der Waals surface area contributed by atoms with Gasteiger partial charge in [0.25, 0.3) is 0 Å². The van der Waals surface area contributed by atoms with Crippen molar-refractivity contribution in [2.24, 2.45) is 10.2 Å². The van der Waals surface area contributed by atoms with Crippen molar-refractivity contribution in [1.29, 1.82) is 0 Å². The van der Waals surface area contributed by atoms with E-state index in [0.717, 1.165) is 0 Å². The van der Waals surface area contributed by atoms with Gasteiger partial charge in [-0.3, -0.25) is 9.59 Å². The minimum Gasteiger partial charge on any atom is -0.496 e. The third kappa shape index (κ3) is 4.22. The number of nitrogens with zero attached hydrogens (tertiary/aromatic N) is 2. The first-order chi connectivity index (χ1) is 11.6. The van der Waals surface area contributed by atoms with Gasteiger partial charge in [0.05, 0.1) is 46.1 Å². The number of hydrogen-bond donors (Lipinski definition) is 2. The summed E-state index contributed by atoms with van der Waals surface area (Å²) in [6, 6.07) is 3.34. The summed E-state index contributed by atoms with van der Waals surface area (Å²) in [7, 11) is 4.56. The molecule has 1 aliphatic rings. The third-order valence-electron chi connectivity index (χ3n) is 3.20. The van der Waals surface area contributed by atoms with Crippen LogP contribution in [0.15, 0.2) is 22.3 Å². The number of rotatable bonds is 7. The molecule has 0 unspecified atom stereocenters. The molecule has 9 nitrogen and oxygen atoms in total. The molecule has 1 heterocycles. The number of amides is 2. The first-order valence-corrected chi connectivity index (χ1v) is 7.03. The molecule has 0 spiro atoms. The molecule has 1 aliphatic heterocycles. The quantitative estimate of drug-likeness (QED) is 0.555. The fourth-order valence-corrected chi connectivity index (χ4v) is 2.06. The molecule has 0 saturated carbocycles. The molecule has 0 saturated heterocycles. The van der Waals surface area contributed by atoms with Crippen LogP contribution in [0.25, 0.3) is 0 Å². The van der Waals surface area contributed by atoms with E-state index < -0.39 is 0 Å². The van der Waals surface area contributed by atoms with Crippen LogP contribution in [0, 0.1) is 0 Å². The number of methoxy groups -OCH3 is 3. The van der Waals surface area contributed by atoms with Crippen LogP contribution in [0.1, 0.15) is 18.4 Å². The Balaban J connectivity index is 2.02. The first-order valence-electron chi connectivity index (χ1n) is 7.03. The second-order valence-electron chi connectivity index (χ2n) is 4.81. The van der Waals surface area contributed by atoms with Gasteiger partial charge in [0, 0.05) is 11.6 Å². The van der Waals surface area contributed by atoms with E-state index in [4.69, 9.17) is 14.2 Å². The van der Waals surface area contributed by atoms with Crippen molar-refractivity contribution in [3.8, 4) is 17.2 Å². The molecular formula is C15H18N4O5. The molecule has 0 aliphatic carbocycles. The van der Waals surface area contributed by atoms with Gasteiger partial charge in [-0.05, 0) is 6.07 Å². The summed E-state index contributed by atoms with van der Waals surface area (Å²) in [5.74, 6) is 0.945. The van der Waals surface area contributed by atoms with Crippen molar-refractivity contribution in [3.05, 3.63) is 17.7 Å². The summed E-state index contributed by atoms with van der Waals surface area (Å²) in [6.07, 6.45) is 1.55. The van der Waals surface area contributed by atoms with Gasteiger partial charge in [0.2, 0.25) is 11.8 Å². The van der Waals surface area contributed by atoms with Gasteiger partial charge in [0.15, 0.2) is 11.5 Å². The van der Waals surface area contributed by atoms with E-state index in [1.807, 2.05) is 0 Å². The number of hydrazone groups is 2. The van der Waals surface area contributed by atoms with Crippen molar-refractivity contribution in [2.45, 2.75) is 12.8 Å². The summed E-state index contributed by atoms with van der Waals surface area (Å²) in [6.45, 7) is 0. The largest absolute Gasteiger partial charge is 0.496 e. The van der Waals surface area contributed by atoms with Gasteiger partial charge in [-0.2, -0.15) is 10.2 Å². The summed E-state index contributed by atoms with van der Waals surface area (Å²) in [4.78, 5) is 22.7. The summed E-state index contributed by atoms with van der Waals surface area (Å²) < 4.78 is 15.7. The van der Waals surface area contributed by atoms with E-state index >= 15 is 0 Å². The lowest BCUT2D eigenvalue weighted by Crippen LogP contribution is -2.20. The molecule has 0 radical (unpaired) electrons. The molecule has 0 atom stereocenters. The number of benzene rings is 1. The molecule has 0 aromatic heterocycles.